The van der Waals surface area contributed by atoms with Crippen molar-refractivity contribution in [2.24, 2.45) is 0 Å². The first kappa shape index (κ1) is 17.9. The molecule has 4 N–H and O–H groups in total. The van der Waals surface area contributed by atoms with Crippen LogP contribution in [-0.2, 0) is 9.59 Å². The first-order valence-corrected chi connectivity index (χ1v) is 6.34. The summed E-state index contributed by atoms with van der Waals surface area (Å²) in [5.74, 6) is -2.15. The van der Waals surface area contributed by atoms with Gasteiger partial charge in [0.15, 0.2) is 0 Å². The van der Waals surface area contributed by atoms with E-state index in [9.17, 15) is 14.7 Å². The highest BCUT2D eigenvalue weighted by atomic mass is 16.4. The van der Waals surface area contributed by atoms with Crippen molar-refractivity contribution in [1.82, 2.24) is 5.32 Å². The van der Waals surface area contributed by atoms with E-state index in [2.05, 4.69) is 33.0 Å². The van der Waals surface area contributed by atoms with Crippen molar-refractivity contribution in [1.29, 1.82) is 0 Å². The van der Waals surface area contributed by atoms with Gasteiger partial charge in [0.25, 0.3) is 0 Å². The molecule has 1 saturated heterocycles. The van der Waals surface area contributed by atoms with Gasteiger partial charge in [-0.25, -0.2) is 0 Å². The van der Waals surface area contributed by atoms with Gasteiger partial charge in [0, 0.05) is 11.1 Å². The molecule has 1 heterocycles. The molecule has 6 heteroatoms. The number of nitrogens with one attached hydrogen (secondary N) is 1. The topological polar surface area (TPSA) is 107 Å². The van der Waals surface area contributed by atoms with Crippen LogP contribution in [-0.4, -0.2) is 44.4 Å². The highest BCUT2D eigenvalue weighted by Crippen LogP contribution is 2.27. The Morgan fingerprint density at radius 3 is 1.53 bits per heavy atom. The molecule has 0 atom stereocenters. The van der Waals surface area contributed by atoms with Gasteiger partial charge >= 0.3 is 11.9 Å². The van der Waals surface area contributed by atoms with E-state index >= 15 is 0 Å². The van der Waals surface area contributed by atoms with E-state index in [1.54, 1.807) is 0 Å². The van der Waals surface area contributed by atoms with E-state index in [1.807, 2.05) is 0 Å². The summed E-state index contributed by atoms with van der Waals surface area (Å²) in [6.45, 7) is 8.54. The fourth-order valence-electron chi connectivity index (χ4n) is 2.48. The summed E-state index contributed by atoms with van der Waals surface area (Å²) >= 11 is 0. The summed E-state index contributed by atoms with van der Waals surface area (Å²) in [6.07, 6.45) is 0.985. The van der Waals surface area contributed by atoms with Crippen molar-refractivity contribution >= 4 is 11.9 Å². The monoisotopic (exact) mass is 275 g/mol. The van der Waals surface area contributed by atoms with Gasteiger partial charge in [-0.05, 0) is 40.5 Å². The molecule has 1 aliphatic rings. The number of hydrogen-bond donors (Lipinski definition) is 4. The largest absolute Gasteiger partial charge is 0.481 e. The Kier molecular flexibility index (Phi) is 6.45. The maximum atomic E-state index is 9.64. The number of piperidine rings is 1. The van der Waals surface area contributed by atoms with Crippen LogP contribution in [0.4, 0.5) is 0 Å². The molecule has 112 valence electrons. The molecule has 0 bridgehead atoms. The van der Waals surface area contributed by atoms with Gasteiger partial charge < -0.3 is 20.6 Å². The van der Waals surface area contributed by atoms with E-state index in [4.69, 9.17) is 10.2 Å². The number of carboxylic acid groups (broad SMARTS) is 2. The average molecular weight is 275 g/mol. The quantitative estimate of drug-likeness (QED) is 0.617. The van der Waals surface area contributed by atoms with Crippen LogP contribution >= 0.6 is 0 Å². The highest BCUT2D eigenvalue weighted by molar-refractivity contribution is 5.75. The molecule has 0 aliphatic carbocycles. The van der Waals surface area contributed by atoms with Crippen LogP contribution in [0.5, 0.6) is 0 Å². The molecule has 1 fully saturated rings. The Morgan fingerprint density at radius 2 is 1.32 bits per heavy atom. The number of hydrogen-bond acceptors (Lipinski definition) is 4. The minimum atomic E-state index is -1.08. The smallest absolute Gasteiger partial charge is 0.303 e. The Morgan fingerprint density at radius 1 is 1.00 bits per heavy atom. The van der Waals surface area contributed by atoms with E-state index in [1.165, 1.54) is 0 Å². The Hall–Kier alpha value is -1.14. The minimum Gasteiger partial charge on any atom is -0.481 e. The number of aliphatic carboxylic acids is 2. The molecule has 0 amide bonds. The van der Waals surface area contributed by atoms with Gasteiger partial charge in [0.05, 0.1) is 18.9 Å². The summed E-state index contributed by atoms with van der Waals surface area (Å²) in [4.78, 5) is 19.3. The summed E-state index contributed by atoms with van der Waals surface area (Å²) in [5.41, 5.74) is 0.169. The van der Waals surface area contributed by atoms with Crippen LogP contribution in [0, 0.1) is 0 Å². The van der Waals surface area contributed by atoms with Crippen LogP contribution in [0.25, 0.3) is 0 Å². The zero-order chi connectivity index (χ0) is 15.3. The van der Waals surface area contributed by atoms with Gasteiger partial charge in [0.1, 0.15) is 0 Å². The zero-order valence-corrected chi connectivity index (χ0v) is 12.1. The van der Waals surface area contributed by atoms with Crippen molar-refractivity contribution in [3.05, 3.63) is 0 Å². The van der Waals surface area contributed by atoms with Crippen molar-refractivity contribution < 1.29 is 24.9 Å². The fraction of sp³-hybridized carbons (Fsp3) is 0.846. The lowest BCUT2D eigenvalue weighted by Crippen LogP contribution is -2.59. The van der Waals surface area contributed by atoms with Gasteiger partial charge in [-0.3, -0.25) is 9.59 Å². The number of aliphatic hydroxyl groups is 1. The van der Waals surface area contributed by atoms with Crippen LogP contribution in [0.15, 0.2) is 0 Å². The van der Waals surface area contributed by atoms with Gasteiger partial charge in [-0.2, -0.15) is 0 Å². The van der Waals surface area contributed by atoms with Crippen molar-refractivity contribution in [3.8, 4) is 0 Å². The number of carboxylic acids is 2. The molecule has 0 aromatic rings. The SMILES string of the molecule is CC1(C)CC(O)CC(C)(C)N1.O=C(O)CCC(=O)O. The summed E-state index contributed by atoms with van der Waals surface area (Å²) < 4.78 is 0. The standard InChI is InChI=1S/C9H19NO.C4H6O4/c1-8(2)5-7(11)6-9(3,4)10-8;5-3(6)1-2-4(7)8/h7,10-11H,5-6H2,1-4H3;1-2H2,(H,5,6)(H,7,8). The molecule has 0 spiro atoms. The van der Waals surface area contributed by atoms with E-state index in [0.717, 1.165) is 12.8 Å². The normalized spacial score (nSPS) is 21.1. The first-order chi connectivity index (χ1) is 8.43. The molecular formula is C13H25NO5. The molecule has 0 radical (unpaired) electrons. The third kappa shape index (κ3) is 9.44. The lowest BCUT2D eigenvalue weighted by molar-refractivity contribution is -0.143. The summed E-state index contributed by atoms with van der Waals surface area (Å²) in [5, 5.41) is 28.8. The van der Waals surface area contributed by atoms with Crippen molar-refractivity contribution in [3.63, 3.8) is 0 Å². The fourth-order valence-corrected chi connectivity index (χ4v) is 2.48. The predicted molar refractivity (Wildman–Crippen MR) is 71.0 cm³/mol. The third-order valence-electron chi connectivity index (χ3n) is 2.72. The van der Waals surface area contributed by atoms with Gasteiger partial charge in [-0.1, -0.05) is 0 Å². The van der Waals surface area contributed by atoms with Crippen LogP contribution in [0.1, 0.15) is 53.4 Å². The Bertz CT molecular complexity index is 295. The molecule has 6 nitrogen and oxygen atoms in total. The van der Waals surface area contributed by atoms with Crippen LogP contribution in [0.2, 0.25) is 0 Å². The van der Waals surface area contributed by atoms with Gasteiger partial charge in [0.2, 0.25) is 0 Å². The van der Waals surface area contributed by atoms with E-state index in [0.29, 0.717) is 0 Å². The van der Waals surface area contributed by atoms with Crippen LogP contribution in [0.3, 0.4) is 0 Å². The second-order valence-corrected chi connectivity index (χ2v) is 6.24. The maximum absolute atomic E-state index is 9.64. The predicted octanol–water partition coefficient (Wildman–Crippen LogP) is 1.22. The lowest BCUT2D eigenvalue weighted by atomic mass is 9.81. The molecular weight excluding hydrogens is 250 g/mol. The molecule has 1 rings (SSSR count). The van der Waals surface area contributed by atoms with Crippen molar-refractivity contribution in [2.45, 2.75) is 70.6 Å². The van der Waals surface area contributed by atoms with E-state index < -0.39 is 11.9 Å². The Balaban J connectivity index is 0.000000362. The van der Waals surface area contributed by atoms with E-state index in [-0.39, 0.29) is 30.0 Å². The molecule has 0 unspecified atom stereocenters. The van der Waals surface area contributed by atoms with Crippen molar-refractivity contribution in [2.75, 3.05) is 0 Å². The number of carbonyl (C=O) groups is 2. The molecule has 0 aromatic heterocycles. The highest BCUT2D eigenvalue weighted by Gasteiger charge is 2.36. The van der Waals surface area contributed by atoms with Crippen LogP contribution < -0.4 is 5.32 Å². The third-order valence-corrected chi connectivity index (χ3v) is 2.72. The minimum absolute atomic E-state index is 0.0845. The maximum Gasteiger partial charge on any atom is 0.303 e. The summed E-state index contributed by atoms with van der Waals surface area (Å²) in [6, 6.07) is 0. The number of rotatable bonds is 3. The lowest BCUT2D eigenvalue weighted by Gasteiger charge is -2.44. The average Bonchev–Trinajstić information content (AvgIpc) is 2.09. The molecule has 1 aliphatic heterocycles. The molecule has 0 aromatic carbocycles. The first-order valence-electron chi connectivity index (χ1n) is 6.34. The molecule has 19 heavy (non-hydrogen) atoms. The second kappa shape index (κ2) is 6.86. The second-order valence-electron chi connectivity index (χ2n) is 6.24. The molecule has 0 saturated carbocycles. The van der Waals surface area contributed by atoms with Gasteiger partial charge in [-0.15, -0.1) is 0 Å². The zero-order valence-electron chi connectivity index (χ0n) is 12.1. The summed E-state index contributed by atoms with van der Waals surface area (Å²) in [7, 11) is 0. The Labute approximate surface area is 113 Å². The number of aliphatic hydroxyl groups excluding tert-OH is 1.